The van der Waals surface area contributed by atoms with Crippen molar-refractivity contribution in [2.45, 2.75) is 45.3 Å². The number of amides is 1. The minimum Gasteiger partial charge on any atom is -0.325 e. The molecule has 2 aromatic carbocycles. The summed E-state index contributed by atoms with van der Waals surface area (Å²) >= 11 is 1.42. The van der Waals surface area contributed by atoms with E-state index in [9.17, 15) is 4.79 Å². The van der Waals surface area contributed by atoms with E-state index < -0.39 is 0 Å². The van der Waals surface area contributed by atoms with Crippen LogP contribution in [0.3, 0.4) is 0 Å². The van der Waals surface area contributed by atoms with Crippen molar-refractivity contribution in [3.8, 4) is 11.4 Å². The van der Waals surface area contributed by atoms with Crippen LogP contribution in [0.15, 0.2) is 53.7 Å². The third-order valence-electron chi connectivity index (χ3n) is 4.45. The second kappa shape index (κ2) is 9.55. The van der Waals surface area contributed by atoms with Crippen molar-refractivity contribution in [3.05, 3.63) is 59.7 Å². The van der Waals surface area contributed by atoms with Crippen LogP contribution in [-0.4, -0.2) is 26.4 Å². The van der Waals surface area contributed by atoms with Crippen molar-refractivity contribution in [3.63, 3.8) is 0 Å². The Morgan fingerprint density at radius 2 is 1.93 bits per heavy atom. The van der Waals surface area contributed by atoms with Gasteiger partial charge in [0.2, 0.25) is 5.91 Å². The summed E-state index contributed by atoms with van der Waals surface area (Å²) in [7, 11) is 0. The standard InChI is InChI=1S/C22H26N4OS/c1-4-13-26-21(18-11-8-9-16(3)14-18)24-25-22(26)28-15-20(27)23-19-12-7-6-10-17(19)5-2/h6-12,14H,4-5,13,15H2,1-3H3,(H,23,27). The van der Waals surface area contributed by atoms with E-state index in [4.69, 9.17) is 0 Å². The summed E-state index contributed by atoms with van der Waals surface area (Å²) in [5, 5.41) is 12.5. The number of thioether (sulfide) groups is 1. The van der Waals surface area contributed by atoms with Gasteiger partial charge in [-0.1, -0.05) is 67.6 Å². The van der Waals surface area contributed by atoms with Crippen molar-refractivity contribution in [1.29, 1.82) is 0 Å². The van der Waals surface area contributed by atoms with Crippen molar-refractivity contribution in [2.75, 3.05) is 11.1 Å². The molecule has 0 spiro atoms. The second-order valence-electron chi connectivity index (χ2n) is 6.67. The summed E-state index contributed by atoms with van der Waals surface area (Å²) < 4.78 is 2.10. The van der Waals surface area contributed by atoms with E-state index in [1.54, 1.807) is 0 Å². The van der Waals surface area contributed by atoms with Crippen LogP contribution < -0.4 is 5.32 Å². The zero-order valence-corrected chi connectivity index (χ0v) is 17.4. The van der Waals surface area contributed by atoms with Crippen LogP contribution in [-0.2, 0) is 17.8 Å². The minimum absolute atomic E-state index is 0.0333. The Hall–Kier alpha value is -2.60. The first-order chi connectivity index (χ1) is 13.6. The van der Waals surface area contributed by atoms with Gasteiger partial charge < -0.3 is 9.88 Å². The van der Waals surface area contributed by atoms with Crippen molar-refractivity contribution < 1.29 is 4.79 Å². The molecular formula is C22H26N4OS. The van der Waals surface area contributed by atoms with E-state index >= 15 is 0 Å². The molecule has 0 saturated carbocycles. The summed E-state index contributed by atoms with van der Waals surface area (Å²) in [4.78, 5) is 12.5. The van der Waals surface area contributed by atoms with Crippen molar-refractivity contribution >= 4 is 23.4 Å². The molecule has 1 heterocycles. The topological polar surface area (TPSA) is 59.8 Å². The lowest BCUT2D eigenvalue weighted by Gasteiger charge is -2.11. The number of hydrogen-bond acceptors (Lipinski definition) is 4. The Morgan fingerprint density at radius 3 is 2.68 bits per heavy atom. The number of hydrogen-bond donors (Lipinski definition) is 1. The van der Waals surface area contributed by atoms with Gasteiger partial charge in [-0.25, -0.2) is 0 Å². The fraction of sp³-hybridized carbons (Fsp3) is 0.318. The average molecular weight is 395 g/mol. The number of carbonyl (C=O) groups is 1. The highest BCUT2D eigenvalue weighted by atomic mass is 32.2. The Balaban J connectivity index is 1.73. The monoisotopic (exact) mass is 394 g/mol. The fourth-order valence-corrected chi connectivity index (χ4v) is 3.85. The van der Waals surface area contributed by atoms with Crippen LogP contribution in [0.2, 0.25) is 0 Å². The molecule has 5 nitrogen and oxygen atoms in total. The molecule has 3 rings (SSSR count). The molecule has 3 aromatic rings. The van der Waals surface area contributed by atoms with Crippen LogP contribution in [0.1, 0.15) is 31.4 Å². The van der Waals surface area contributed by atoms with Gasteiger partial charge in [0.25, 0.3) is 0 Å². The molecule has 1 aromatic heterocycles. The minimum atomic E-state index is -0.0333. The molecule has 0 aliphatic carbocycles. The number of benzene rings is 2. The van der Waals surface area contributed by atoms with E-state index in [-0.39, 0.29) is 5.91 Å². The number of aromatic nitrogens is 3. The molecule has 0 aliphatic rings. The molecule has 0 bridgehead atoms. The normalized spacial score (nSPS) is 10.8. The first-order valence-electron chi connectivity index (χ1n) is 9.63. The lowest BCUT2D eigenvalue weighted by Crippen LogP contribution is -2.15. The lowest BCUT2D eigenvalue weighted by atomic mass is 10.1. The highest BCUT2D eigenvalue weighted by molar-refractivity contribution is 7.99. The Kier molecular flexibility index (Phi) is 6.87. The molecule has 0 saturated heterocycles. The number of aryl methyl sites for hydroxylation is 2. The quantitative estimate of drug-likeness (QED) is 0.549. The first-order valence-corrected chi connectivity index (χ1v) is 10.6. The van der Waals surface area contributed by atoms with Crippen LogP contribution >= 0.6 is 11.8 Å². The highest BCUT2D eigenvalue weighted by Gasteiger charge is 2.15. The van der Waals surface area contributed by atoms with Gasteiger partial charge in [0.1, 0.15) is 0 Å². The van der Waals surface area contributed by atoms with E-state index in [2.05, 4.69) is 53.0 Å². The smallest absolute Gasteiger partial charge is 0.234 e. The molecule has 146 valence electrons. The molecule has 6 heteroatoms. The third-order valence-corrected chi connectivity index (χ3v) is 5.41. The number of rotatable bonds is 8. The summed E-state index contributed by atoms with van der Waals surface area (Å²) in [6, 6.07) is 16.2. The molecule has 0 fully saturated rings. The van der Waals surface area contributed by atoms with Crippen LogP contribution in [0.4, 0.5) is 5.69 Å². The molecule has 0 radical (unpaired) electrons. The SMILES string of the molecule is CCCn1c(SCC(=O)Nc2ccccc2CC)nnc1-c1cccc(C)c1. The third kappa shape index (κ3) is 4.81. The summed E-state index contributed by atoms with van der Waals surface area (Å²) in [5.74, 6) is 1.12. The summed E-state index contributed by atoms with van der Waals surface area (Å²) in [6.07, 6.45) is 1.86. The molecule has 1 N–H and O–H groups in total. The van der Waals surface area contributed by atoms with Crippen LogP contribution in [0.5, 0.6) is 0 Å². The predicted octanol–water partition coefficient (Wildman–Crippen LogP) is 4.96. The van der Waals surface area contributed by atoms with Gasteiger partial charge in [0.05, 0.1) is 5.75 Å². The Bertz CT molecular complexity index is 951. The number of carbonyl (C=O) groups excluding carboxylic acids is 1. The van der Waals surface area contributed by atoms with Gasteiger partial charge in [-0.2, -0.15) is 0 Å². The van der Waals surface area contributed by atoms with Gasteiger partial charge in [0, 0.05) is 17.8 Å². The molecular weight excluding hydrogens is 368 g/mol. The number of anilines is 1. The van der Waals surface area contributed by atoms with Crippen LogP contribution in [0.25, 0.3) is 11.4 Å². The zero-order chi connectivity index (χ0) is 19.9. The maximum atomic E-state index is 12.5. The summed E-state index contributed by atoms with van der Waals surface area (Å²) in [5.41, 5.74) is 4.25. The van der Waals surface area contributed by atoms with Crippen LogP contribution in [0, 0.1) is 6.92 Å². The maximum Gasteiger partial charge on any atom is 0.234 e. The predicted molar refractivity (Wildman–Crippen MR) is 116 cm³/mol. The van der Waals surface area contributed by atoms with E-state index in [0.29, 0.717) is 5.75 Å². The van der Waals surface area contributed by atoms with Gasteiger partial charge in [0.15, 0.2) is 11.0 Å². The zero-order valence-electron chi connectivity index (χ0n) is 16.6. The van der Waals surface area contributed by atoms with Gasteiger partial charge in [-0.05, 0) is 37.5 Å². The number of nitrogens with one attached hydrogen (secondary N) is 1. The second-order valence-corrected chi connectivity index (χ2v) is 7.62. The highest BCUT2D eigenvalue weighted by Crippen LogP contribution is 2.25. The molecule has 1 amide bonds. The fourth-order valence-electron chi connectivity index (χ4n) is 3.09. The Morgan fingerprint density at radius 1 is 1.11 bits per heavy atom. The van der Waals surface area contributed by atoms with Gasteiger partial charge in [-0.3, -0.25) is 4.79 Å². The molecule has 28 heavy (non-hydrogen) atoms. The average Bonchev–Trinajstić information content (AvgIpc) is 3.10. The summed E-state index contributed by atoms with van der Waals surface area (Å²) in [6.45, 7) is 7.10. The lowest BCUT2D eigenvalue weighted by molar-refractivity contribution is -0.113. The maximum absolute atomic E-state index is 12.5. The number of para-hydroxylation sites is 1. The molecule has 0 aliphatic heterocycles. The largest absolute Gasteiger partial charge is 0.325 e. The molecule has 0 atom stereocenters. The first kappa shape index (κ1) is 20.1. The number of nitrogens with zero attached hydrogens (tertiary/aromatic N) is 3. The van der Waals surface area contributed by atoms with E-state index in [1.165, 1.54) is 17.3 Å². The van der Waals surface area contributed by atoms with Gasteiger partial charge in [-0.15, -0.1) is 10.2 Å². The van der Waals surface area contributed by atoms with E-state index in [1.807, 2.05) is 36.4 Å². The van der Waals surface area contributed by atoms with E-state index in [0.717, 1.165) is 47.2 Å². The Labute approximate surface area is 170 Å². The van der Waals surface area contributed by atoms with Crippen molar-refractivity contribution in [1.82, 2.24) is 14.8 Å². The van der Waals surface area contributed by atoms with Crippen molar-refractivity contribution in [2.24, 2.45) is 0 Å². The molecule has 0 unspecified atom stereocenters. The van der Waals surface area contributed by atoms with Gasteiger partial charge >= 0.3 is 0 Å².